The minimum atomic E-state index is -3.57. The van der Waals surface area contributed by atoms with Gasteiger partial charge in [-0.15, -0.1) is 0 Å². The average Bonchev–Trinajstić information content (AvgIpc) is 2.27. The van der Waals surface area contributed by atoms with E-state index in [1.165, 1.54) is 13.8 Å². The van der Waals surface area contributed by atoms with Crippen molar-refractivity contribution in [2.45, 2.75) is 62.7 Å². The van der Waals surface area contributed by atoms with Gasteiger partial charge in [-0.3, -0.25) is 9.59 Å². The maximum Gasteiger partial charge on any atom is 0.305 e. The van der Waals surface area contributed by atoms with Crippen LogP contribution in [0.25, 0.3) is 0 Å². The Labute approximate surface area is 119 Å². The number of carboxylic acids is 1. The molecule has 1 rings (SSSR count). The first-order valence-electron chi connectivity index (χ1n) is 6.74. The molecule has 20 heavy (non-hydrogen) atoms. The molecule has 0 aromatic rings. The third-order valence-corrected chi connectivity index (χ3v) is 6.19. The van der Waals surface area contributed by atoms with Crippen molar-refractivity contribution in [3.8, 4) is 0 Å². The lowest BCUT2D eigenvalue weighted by Gasteiger charge is -2.39. The number of hydrogen-bond donors (Lipinski definition) is 2. The largest absolute Gasteiger partial charge is 0.481 e. The molecule has 1 aliphatic rings. The number of carbonyl (C=O) groups is 2. The first-order valence-corrected chi connectivity index (χ1v) is 8.63. The summed E-state index contributed by atoms with van der Waals surface area (Å²) in [6.45, 7) is 2.68. The van der Waals surface area contributed by atoms with Crippen LogP contribution in [0.2, 0.25) is 0 Å². The highest BCUT2D eigenvalue weighted by atomic mass is 32.2. The first-order chi connectivity index (χ1) is 9.00. The van der Waals surface area contributed by atoms with Crippen molar-refractivity contribution in [3.05, 3.63) is 0 Å². The second-order valence-corrected chi connectivity index (χ2v) is 8.71. The van der Waals surface area contributed by atoms with Crippen LogP contribution < -0.4 is 5.32 Å². The van der Waals surface area contributed by atoms with Gasteiger partial charge >= 0.3 is 5.97 Å². The molecule has 2 N–H and O–H groups in total. The number of carbonyl (C=O) groups excluding carboxylic acids is 1. The van der Waals surface area contributed by atoms with Crippen LogP contribution in [-0.2, 0) is 19.4 Å². The number of nitrogens with one attached hydrogen (secondary N) is 1. The smallest absolute Gasteiger partial charge is 0.305 e. The van der Waals surface area contributed by atoms with Gasteiger partial charge in [0.15, 0.2) is 9.84 Å². The minimum Gasteiger partial charge on any atom is -0.481 e. The van der Waals surface area contributed by atoms with Crippen molar-refractivity contribution in [1.82, 2.24) is 5.32 Å². The maximum absolute atomic E-state index is 12.3. The summed E-state index contributed by atoms with van der Waals surface area (Å²) in [4.78, 5) is 23.3. The van der Waals surface area contributed by atoms with E-state index in [4.69, 9.17) is 5.11 Å². The van der Waals surface area contributed by atoms with Crippen molar-refractivity contribution in [2.24, 2.45) is 0 Å². The zero-order chi connectivity index (χ0) is 15.6. The van der Waals surface area contributed by atoms with Gasteiger partial charge in [0.25, 0.3) is 0 Å². The Hall–Kier alpha value is -1.11. The van der Waals surface area contributed by atoms with E-state index in [2.05, 4.69) is 5.32 Å². The van der Waals surface area contributed by atoms with Gasteiger partial charge < -0.3 is 10.4 Å². The summed E-state index contributed by atoms with van der Waals surface area (Å²) in [5.74, 6) is -1.60. The molecule has 1 fully saturated rings. The zero-order valence-electron chi connectivity index (χ0n) is 12.2. The summed E-state index contributed by atoms with van der Waals surface area (Å²) in [5.41, 5.74) is -0.816. The Morgan fingerprint density at radius 2 is 1.70 bits per heavy atom. The first kappa shape index (κ1) is 16.9. The molecule has 0 heterocycles. The second kappa shape index (κ2) is 5.71. The van der Waals surface area contributed by atoms with E-state index in [1.54, 1.807) is 0 Å². The molecule has 116 valence electrons. The van der Waals surface area contributed by atoms with Gasteiger partial charge in [-0.25, -0.2) is 8.42 Å². The highest BCUT2D eigenvalue weighted by Gasteiger charge is 2.44. The van der Waals surface area contributed by atoms with Gasteiger partial charge in [0, 0.05) is 6.26 Å². The lowest BCUT2D eigenvalue weighted by atomic mass is 9.79. The quantitative estimate of drug-likeness (QED) is 0.792. The topological polar surface area (TPSA) is 101 Å². The molecule has 1 saturated carbocycles. The molecule has 6 nitrogen and oxygen atoms in total. The number of sulfone groups is 1. The Morgan fingerprint density at radius 1 is 1.20 bits per heavy atom. The van der Waals surface area contributed by atoms with Crippen molar-refractivity contribution in [1.29, 1.82) is 0 Å². The van der Waals surface area contributed by atoms with E-state index in [1.807, 2.05) is 0 Å². The van der Waals surface area contributed by atoms with E-state index >= 15 is 0 Å². The van der Waals surface area contributed by atoms with E-state index in [0.717, 1.165) is 25.5 Å². The van der Waals surface area contributed by atoms with Crippen LogP contribution in [0, 0.1) is 0 Å². The minimum absolute atomic E-state index is 0.168. The van der Waals surface area contributed by atoms with E-state index in [9.17, 15) is 18.0 Å². The molecule has 0 saturated heterocycles. The summed E-state index contributed by atoms with van der Waals surface area (Å²) in [6.07, 6.45) is 4.68. The van der Waals surface area contributed by atoms with E-state index in [0.29, 0.717) is 12.8 Å². The third-order valence-electron chi connectivity index (χ3n) is 4.15. The van der Waals surface area contributed by atoms with Crippen molar-refractivity contribution < 1.29 is 23.1 Å². The predicted octanol–water partition coefficient (Wildman–Crippen LogP) is 1.10. The highest BCUT2D eigenvalue weighted by molar-refractivity contribution is 7.92. The lowest BCUT2D eigenvalue weighted by molar-refractivity contribution is -0.139. The van der Waals surface area contributed by atoms with Crippen LogP contribution in [0.5, 0.6) is 0 Å². The fourth-order valence-electron chi connectivity index (χ4n) is 2.42. The molecule has 1 amide bonds. The number of amides is 1. The molecule has 0 spiro atoms. The number of hydrogen-bond acceptors (Lipinski definition) is 4. The predicted molar refractivity (Wildman–Crippen MR) is 75.1 cm³/mol. The van der Waals surface area contributed by atoms with Gasteiger partial charge in [-0.1, -0.05) is 19.3 Å². The van der Waals surface area contributed by atoms with E-state index < -0.39 is 32.0 Å². The fourth-order valence-corrected chi connectivity index (χ4v) is 2.81. The summed E-state index contributed by atoms with van der Waals surface area (Å²) < 4.78 is 21.8. The Morgan fingerprint density at radius 3 is 2.10 bits per heavy atom. The molecule has 0 aromatic heterocycles. The molecular formula is C13H23NO5S. The highest BCUT2D eigenvalue weighted by Crippen LogP contribution is 2.32. The SMILES string of the molecule is CC(C)(C(=O)NC1(CC(=O)O)CCCCC1)S(C)(=O)=O. The van der Waals surface area contributed by atoms with Crippen molar-refractivity contribution >= 4 is 21.7 Å². The maximum atomic E-state index is 12.3. The standard InChI is InChI=1S/C13H23NO5S/c1-12(2,20(3,18)19)11(17)14-13(9-10(15)16)7-5-4-6-8-13/h4-9H2,1-3H3,(H,14,17)(H,15,16). The van der Waals surface area contributed by atoms with Gasteiger partial charge in [0.05, 0.1) is 12.0 Å². The van der Waals surface area contributed by atoms with Crippen LogP contribution in [0.15, 0.2) is 0 Å². The molecule has 0 bridgehead atoms. The molecule has 0 aromatic carbocycles. The van der Waals surface area contributed by atoms with Crippen LogP contribution in [0.3, 0.4) is 0 Å². The Bertz CT molecular complexity index is 489. The summed E-state index contributed by atoms with van der Waals surface area (Å²) in [7, 11) is -3.57. The molecule has 0 unspecified atom stereocenters. The number of rotatable bonds is 5. The van der Waals surface area contributed by atoms with Crippen molar-refractivity contribution in [2.75, 3.05) is 6.26 Å². The second-order valence-electron chi connectivity index (χ2n) is 6.15. The molecule has 1 aliphatic carbocycles. The van der Waals surface area contributed by atoms with Crippen LogP contribution in [-0.4, -0.2) is 41.9 Å². The van der Waals surface area contributed by atoms with Crippen LogP contribution in [0.4, 0.5) is 0 Å². The molecular weight excluding hydrogens is 282 g/mol. The summed E-state index contributed by atoms with van der Waals surface area (Å²) in [5, 5.41) is 11.7. The molecule has 0 radical (unpaired) electrons. The monoisotopic (exact) mass is 305 g/mol. The average molecular weight is 305 g/mol. The van der Waals surface area contributed by atoms with Gasteiger partial charge in [0.1, 0.15) is 4.75 Å². The molecule has 0 aliphatic heterocycles. The number of carboxylic acid groups (broad SMARTS) is 1. The van der Waals surface area contributed by atoms with Gasteiger partial charge in [-0.05, 0) is 26.7 Å². The van der Waals surface area contributed by atoms with Gasteiger partial charge in [-0.2, -0.15) is 0 Å². The molecule has 0 atom stereocenters. The molecule has 7 heteroatoms. The summed E-state index contributed by atoms with van der Waals surface area (Å²) in [6, 6.07) is 0. The van der Waals surface area contributed by atoms with E-state index in [-0.39, 0.29) is 6.42 Å². The fraction of sp³-hybridized carbons (Fsp3) is 0.846. The summed E-state index contributed by atoms with van der Waals surface area (Å²) >= 11 is 0. The van der Waals surface area contributed by atoms with Gasteiger partial charge in [0.2, 0.25) is 5.91 Å². The lowest BCUT2D eigenvalue weighted by Crippen LogP contribution is -2.58. The normalized spacial score (nSPS) is 19.4. The van der Waals surface area contributed by atoms with Crippen molar-refractivity contribution in [3.63, 3.8) is 0 Å². The van der Waals surface area contributed by atoms with Crippen LogP contribution >= 0.6 is 0 Å². The Kier molecular flexibility index (Phi) is 4.84. The third kappa shape index (κ3) is 3.71. The number of aliphatic carboxylic acids is 1. The zero-order valence-corrected chi connectivity index (χ0v) is 13.0. The Balaban J connectivity index is 2.96. The van der Waals surface area contributed by atoms with Crippen LogP contribution in [0.1, 0.15) is 52.4 Å².